The Morgan fingerprint density at radius 1 is 0.419 bits per heavy atom. The minimum atomic E-state index is -2.56. The Kier molecular flexibility index (Phi) is 4.94. The fraction of sp³-hybridized carbons (Fsp3) is 0. The molecule has 0 heterocycles. The van der Waals surface area contributed by atoms with Crippen LogP contribution in [0.2, 0.25) is 0 Å². The molecule has 0 unspecified atom stereocenters. The summed E-state index contributed by atoms with van der Waals surface area (Å²) in [5, 5.41) is 3.84. The van der Waals surface area contributed by atoms with Crippen molar-refractivity contribution in [2.45, 2.75) is 0 Å². The van der Waals surface area contributed by atoms with E-state index in [0.29, 0.717) is 10.9 Å². The van der Waals surface area contributed by atoms with Crippen molar-refractivity contribution in [1.82, 2.24) is 0 Å². The molecule has 0 aliphatic carbocycles. The minimum Gasteiger partial charge on any atom is -0.285 e. The molecule has 0 amide bonds. The lowest BCUT2D eigenvalue weighted by Gasteiger charge is -2.29. The summed E-state index contributed by atoms with van der Waals surface area (Å²) >= 11 is 0. The second kappa shape index (κ2) is 7.91. The molecule has 0 N–H and O–H groups in total. The highest BCUT2D eigenvalue weighted by atomic mass is 31.2. The Labute approximate surface area is 181 Å². The highest BCUT2D eigenvalue weighted by Crippen LogP contribution is 2.55. The van der Waals surface area contributed by atoms with E-state index < -0.39 is 12.7 Å². The first-order valence-corrected chi connectivity index (χ1v) is 12.0. The summed E-state index contributed by atoms with van der Waals surface area (Å²) in [6.07, 6.45) is 0. The molecule has 0 aliphatic heterocycles. The van der Waals surface area contributed by atoms with Gasteiger partial charge in [0.1, 0.15) is 23.2 Å². The Morgan fingerprint density at radius 2 is 0.774 bits per heavy atom. The number of benzene rings is 4. The Morgan fingerprint density at radius 3 is 1.16 bits per heavy atom. The van der Waals surface area contributed by atoms with E-state index in [1.165, 1.54) is 0 Å². The van der Waals surface area contributed by atoms with Crippen molar-refractivity contribution in [2.75, 3.05) is 0 Å². The van der Waals surface area contributed by atoms with Gasteiger partial charge in [0, 0.05) is 0 Å². The van der Waals surface area contributed by atoms with Gasteiger partial charge in [-0.1, -0.05) is 84.9 Å². The van der Waals surface area contributed by atoms with E-state index in [1.807, 2.05) is 84.9 Å². The molecule has 0 fully saturated rings. The molecular weight excluding hydrogens is 399 g/mol. The molecule has 148 valence electrons. The first kappa shape index (κ1) is 19.4. The molecule has 5 rings (SSSR count). The second-order valence-electron chi connectivity index (χ2n) is 7.43. The summed E-state index contributed by atoms with van der Waals surface area (Å²) in [5.74, 6) is 0. The van der Waals surface area contributed by atoms with E-state index in [-0.39, 0.29) is 5.43 Å². The molecule has 0 aromatic heterocycles. The van der Waals surface area contributed by atoms with Gasteiger partial charge in [-0.05, 0) is 42.0 Å². The first-order chi connectivity index (χ1) is 15.2. The van der Waals surface area contributed by atoms with Gasteiger partial charge in [0.05, 0.1) is 5.56 Å². The zero-order valence-electron chi connectivity index (χ0n) is 16.8. The van der Waals surface area contributed by atoms with Gasteiger partial charge >= 0.3 is 0 Å². The van der Waals surface area contributed by atoms with Crippen LogP contribution >= 0.6 is 7.26 Å². The molecule has 3 heteroatoms. The third-order valence-electron chi connectivity index (χ3n) is 5.71. The van der Waals surface area contributed by atoms with E-state index in [4.69, 9.17) is 0 Å². The van der Waals surface area contributed by atoms with Crippen molar-refractivity contribution in [2.24, 2.45) is 0 Å². The lowest BCUT2D eigenvalue weighted by atomic mass is 10.0. The van der Waals surface area contributed by atoms with Crippen LogP contribution in [-0.2, 0) is 0 Å². The Bertz CT molecular complexity index is 1290. The van der Waals surface area contributed by atoms with E-state index in [1.54, 1.807) is 0 Å². The summed E-state index contributed by atoms with van der Waals surface area (Å²) in [4.78, 5) is 26.3. The quantitative estimate of drug-likeness (QED) is 0.322. The number of hydrogen-bond acceptors (Lipinski definition) is 2. The maximum atomic E-state index is 13.3. The molecule has 5 aromatic rings. The van der Waals surface area contributed by atoms with E-state index in [2.05, 4.69) is 36.4 Å². The molecule has 0 radical (unpaired) electrons. The van der Waals surface area contributed by atoms with Crippen LogP contribution in [0.15, 0.2) is 131 Å². The van der Waals surface area contributed by atoms with Gasteiger partial charge in [0.15, 0.2) is 5.30 Å². The predicted molar refractivity (Wildman–Crippen MR) is 132 cm³/mol. The van der Waals surface area contributed by atoms with Crippen LogP contribution in [-0.4, -0.2) is 0 Å². The lowest BCUT2D eigenvalue weighted by molar-refractivity contribution is 1.46. The molecule has 0 saturated heterocycles. The van der Waals surface area contributed by atoms with Crippen molar-refractivity contribution >= 4 is 28.5 Å². The molecule has 2 nitrogen and oxygen atoms in total. The SMILES string of the molecule is O=c1c(-c2ccccc2)c([P+](c2ccccc2)(c2ccccc2)c2ccccc2)c1=O. The van der Waals surface area contributed by atoms with E-state index in [9.17, 15) is 9.59 Å². The fourth-order valence-electron chi connectivity index (χ4n) is 4.36. The molecule has 0 aliphatic rings. The maximum Gasteiger partial charge on any atom is 0.270 e. The largest absolute Gasteiger partial charge is 0.285 e. The van der Waals surface area contributed by atoms with Gasteiger partial charge in [-0.3, -0.25) is 9.59 Å². The van der Waals surface area contributed by atoms with Crippen LogP contribution in [0, 0.1) is 0 Å². The van der Waals surface area contributed by atoms with Crippen LogP contribution in [0.3, 0.4) is 0 Å². The molecular formula is C28H20O2P+. The molecule has 5 aromatic carbocycles. The van der Waals surface area contributed by atoms with Crippen LogP contribution in [0.4, 0.5) is 0 Å². The predicted octanol–water partition coefficient (Wildman–Crippen LogP) is 3.57. The third kappa shape index (κ3) is 3.00. The summed E-state index contributed by atoms with van der Waals surface area (Å²) in [7, 11) is -2.56. The standard InChI is InChI=1S/C28H20O2P/c29-26-25(21-13-5-1-6-14-21)28(27(26)30)31(22-15-7-2-8-16-22,23-17-9-3-10-18-23)24-19-11-4-12-20-24/h1-20H/q+1. The summed E-state index contributed by atoms with van der Waals surface area (Å²) in [6.45, 7) is 0. The molecule has 0 bridgehead atoms. The van der Waals surface area contributed by atoms with Crippen LogP contribution in [0.25, 0.3) is 11.1 Å². The van der Waals surface area contributed by atoms with Crippen LogP contribution in [0.1, 0.15) is 0 Å². The second-order valence-corrected chi connectivity index (χ2v) is 10.8. The number of rotatable bonds is 5. The van der Waals surface area contributed by atoms with Gasteiger partial charge in [-0.15, -0.1) is 0 Å². The molecule has 31 heavy (non-hydrogen) atoms. The van der Waals surface area contributed by atoms with Crippen molar-refractivity contribution < 1.29 is 0 Å². The van der Waals surface area contributed by atoms with Gasteiger partial charge in [0.2, 0.25) is 5.43 Å². The van der Waals surface area contributed by atoms with Gasteiger partial charge in [-0.2, -0.15) is 0 Å². The lowest BCUT2D eigenvalue weighted by Crippen LogP contribution is -2.56. The van der Waals surface area contributed by atoms with Gasteiger partial charge in [-0.25, -0.2) is 0 Å². The van der Waals surface area contributed by atoms with Crippen molar-refractivity contribution in [3.05, 3.63) is 142 Å². The van der Waals surface area contributed by atoms with Crippen LogP contribution < -0.4 is 32.1 Å². The Balaban J connectivity index is 1.96. The normalized spacial score (nSPS) is 11.5. The zero-order valence-corrected chi connectivity index (χ0v) is 17.7. The topological polar surface area (TPSA) is 34.1 Å². The first-order valence-electron chi connectivity index (χ1n) is 10.2. The van der Waals surface area contributed by atoms with Crippen molar-refractivity contribution in [3.63, 3.8) is 0 Å². The average molecular weight is 419 g/mol. The van der Waals surface area contributed by atoms with Crippen molar-refractivity contribution in [1.29, 1.82) is 0 Å². The van der Waals surface area contributed by atoms with Gasteiger partial charge in [0.25, 0.3) is 5.43 Å². The summed E-state index contributed by atoms with van der Waals surface area (Å²) in [5.41, 5.74) is 0.585. The van der Waals surface area contributed by atoms with E-state index in [0.717, 1.165) is 21.5 Å². The summed E-state index contributed by atoms with van der Waals surface area (Å²) in [6, 6.07) is 40.0. The average Bonchev–Trinajstić information content (AvgIpc) is 2.86. The number of hydrogen-bond donors (Lipinski definition) is 0. The van der Waals surface area contributed by atoms with Crippen LogP contribution in [0.5, 0.6) is 0 Å². The fourth-order valence-corrected chi connectivity index (χ4v) is 8.86. The third-order valence-corrected chi connectivity index (χ3v) is 10.0. The van der Waals surface area contributed by atoms with Gasteiger partial charge < -0.3 is 0 Å². The molecule has 0 saturated carbocycles. The highest BCUT2D eigenvalue weighted by Gasteiger charge is 2.54. The van der Waals surface area contributed by atoms with Crippen molar-refractivity contribution in [3.8, 4) is 11.1 Å². The Hall–Kier alpha value is -3.61. The smallest absolute Gasteiger partial charge is 0.270 e. The maximum absolute atomic E-state index is 13.3. The minimum absolute atomic E-state index is 0.372. The molecule has 0 atom stereocenters. The summed E-state index contributed by atoms with van der Waals surface area (Å²) < 4.78 is 0. The zero-order chi connectivity index (χ0) is 21.3. The molecule has 0 spiro atoms. The highest BCUT2D eigenvalue weighted by molar-refractivity contribution is 8.01. The monoisotopic (exact) mass is 419 g/mol. The van der Waals surface area contributed by atoms with E-state index >= 15 is 0 Å².